The maximum atomic E-state index is 12.4. The standard InChI is InChI=1S/C16H15IN2O4S/c17-11-7-10(3-4-12(11)20)8-13-15(22)19(16(23)24-13)9-14(21)18-5-1-2-6-18/h3-4,7-8,20H,1-2,5-6,9H2/b13-8+. The number of likely N-dealkylation sites (tertiary alicyclic amines) is 1. The van der Waals surface area contributed by atoms with Crippen molar-refractivity contribution in [3.05, 3.63) is 32.2 Å². The van der Waals surface area contributed by atoms with Crippen LogP contribution in [-0.4, -0.2) is 51.6 Å². The van der Waals surface area contributed by atoms with Crippen molar-refractivity contribution in [1.29, 1.82) is 0 Å². The summed E-state index contributed by atoms with van der Waals surface area (Å²) in [7, 11) is 0. The molecule has 126 valence electrons. The molecule has 2 aliphatic rings. The third-order valence-electron chi connectivity index (χ3n) is 3.90. The molecule has 1 N–H and O–H groups in total. The lowest BCUT2D eigenvalue weighted by Gasteiger charge is -2.18. The van der Waals surface area contributed by atoms with Crippen LogP contribution in [0, 0.1) is 3.57 Å². The number of aromatic hydroxyl groups is 1. The van der Waals surface area contributed by atoms with Gasteiger partial charge < -0.3 is 10.0 Å². The van der Waals surface area contributed by atoms with E-state index < -0.39 is 11.1 Å². The van der Waals surface area contributed by atoms with Crippen molar-refractivity contribution in [3.63, 3.8) is 0 Å². The molecular formula is C16H15IN2O4S. The van der Waals surface area contributed by atoms with Crippen LogP contribution in [0.3, 0.4) is 0 Å². The fourth-order valence-electron chi connectivity index (χ4n) is 2.60. The molecule has 2 fully saturated rings. The largest absolute Gasteiger partial charge is 0.507 e. The topological polar surface area (TPSA) is 77.9 Å². The van der Waals surface area contributed by atoms with Gasteiger partial charge in [0, 0.05) is 13.1 Å². The van der Waals surface area contributed by atoms with Gasteiger partial charge in [-0.2, -0.15) is 0 Å². The van der Waals surface area contributed by atoms with Crippen molar-refractivity contribution >= 4 is 57.5 Å². The number of thioether (sulfide) groups is 1. The van der Waals surface area contributed by atoms with Crippen molar-refractivity contribution < 1.29 is 19.5 Å². The van der Waals surface area contributed by atoms with Crippen molar-refractivity contribution in [2.75, 3.05) is 19.6 Å². The van der Waals surface area contributed by atoms with E-state index in [0.29, 0.717) is 22.2 Å². The second kappa shape index (κ2) is 7.14. The number of amides is 3. The zero-order valence-corrected chi connectivity index (χ0v) is 15.7. The molecule has 1 aromatic rings. The van der Waals surface area contributed by atoms with E-state index in [-0.39, 0.29) is 23.1 Å². The van der Waals surface area contributed by atoms with Gasteiger partial charge in [0.25, 0.3) is 11.1 Å². The number of rotatable bonds is 3. The molecule has 2 aliphatic heterocycles. The minimum atomic E-state index is -0.444. The summed E-state index contributed by atoms with van der Waals surface area (Å²) in [5.41, 5.74) is 0.716. The first kappa shape index (κ1) is 17.3. The molecule has 0 aliphatic carbocycles. The SMILES string of the molecule is O=C(CN1C(=O)S/C(=C/c2ccc(O)c(I)c2)C1=O)N1CCCC1. The summed E-state index contributed by atoms with van der Waals surface area (Å²) in [6.07, 6.45) is 3.53. The lowest BCUT2D eigenvalue weighted by Crippen LogP contribution is -2.40. The van der Waals surface area contributed by atoms with Crippen LogP contribution < -0.4 is 0 Å². The van der Waals surface area contributed by atoms with E-state index in [1.165, 1.54) is 6.07 Å². The zero-order valence-electron chi connectivity index (χ0n) is 12.7. The highest BCUT2D eigenvalue weighted by atomic mass is 127. The molecule has 3 rings (SSSR count). The quantitative estimate of drug-likeness (QED) is 0.557. The van der Waals surface area contributed by atoms with Crippen LogP contribution in [0.25, 0.3) is 6.08 Å². The van der Waals surface area contributed by atoms with Crippen LogP contribution in [0.4, 0.5) is 4.79 Å². The molecule has 0 radical (unpaired) electrons. The molecule has 2 saturated heterocycles. The molecule has 2 heterocycles. The zero-order chi connectivity index (χ0) is 17.3. The fourth-order valence-corrected chi connectivity index (χ4v) is 3.98. The number of carbonyl (C=O) groups excluding carboxylic acids is 3. The first-order valence-corrected chi connectivity index (χ1v) is 9.37. The average molecular weight is 458 g/mol. The number of phenols is 1. The van der Waals surface area contributed by atoms with Gasteiger partial charge in [-0.3, -0.25) is 19.3 Å². The van der Waals surface area contributed by atoms with Gasteiger partial charge in [-0.1, -0.05) is 6.07 Å². The molecular weight excluding hydrogens is 443 g/mol. The van der Waals surface area contributed by atoms with Gasteiger partial charge in [0.05, 0.1) is 8.48 Å². The first-order valence-electron chi connectivity index (χ1n) is 7.47. The average Bonchev–Trinajstić information content (AvgIpc) is 3.16. The summed E-state index contributed by atoms with van der Waals surface area (Å²) in [6, 6.07) is 4.93. The van der Waals surface area contributed by atoms with Crippen LogP contribution in [0.5, 0.6) is 5.75 Å². The van der Waals surface area contributed by atoms with E-state index in [4.69, 9.17) is 0 Å². The minimum Gasteiger partial charge on any atom is -0.507 e. The number of phenolic OH excluding ortho intramolecular Hbond substituents is 1. The van der Waals surface area contributed by atoms with Gasteiger partial charge in [0.15, 0.2) is 0 Å². The molecule has 6 nitrogen and oxygen atoms in total. The molecule has 8 heteroatoms. The first-order chi connectivity index (χ1) is 11.5. The van der Waals surface area contributed by atoms with Gasteiger partial charge >= 0.3 is 0 Å². The Morgan fingerprint density at radius 1 is 1.29 bits per heavy atom. The van der Waals surface area contributed by atoms with Crippen molar-refractivity contribution in [3.8, 4) is 5.75 Å². The van der Waals surface area contributed by atoms with Crippen LogP contribution in [0.1, 0.15) is 18.4 Å². The fraction of sp³-hybridized carbons (Fsp3) is 0.312. The predicted octanol–water partition coefficient (Wildman–Crippen LogP) is 2.66. The lowest BCUT2D eigenvalue weighted by molar-refractivity contribution is -0.135. The third kappa shape index (κ3) is 3.59. The highest BCUT2D eigenvalue weighted by molar-refractivity contribution is 14.1. The normalized spacial score (nSPS) is 19.6. The molecule has 24 heavy (non-hydrogen) atoms. The smallest absolute Gasteiger partial charge is 0.294 e. The minimum absolute atomic E-state index is 0.164. The maximum absolute atomic E-state index is 12.4. The van der Waals surface area contributed by atoms with Gasteiger partial charge in [-0.15, -0.1) is 0 Å². The highest BCUT2D eigenvalue weighted by Crippen LogP contribution is 2.33. The molecule has 3 amide bonds. The number of benzene rings is 1. The Hall–Kier alpha value is -1.55. The summed E-state index contributed by atoms with van der Waals surface area (Å²) in [6.45, 7) is 1.18. The number of carbonyl (C=O) groups is 3. The summed E-state index contributed by atoms with van der Waals surface area (Å²) in [5.74, 6) is -0.465. The van der Waals surface area contributed by atoms with E-state index in [2.05, 4.69) is 0 Å². The molecule has 0 saturated carbocycles. The molecule has 0 bridgehead atoms. The van der Waals surface area contributed by atoms with Crippen molar-refractivity contribution in [2.24, 2.45) is 0 Å². The number of hydrogen-bond acceptors (Lipinski definition) is 5. The summed E-state index contributed by atoms with van der Waals surface area (Å²) in [5, 5.41) is 9.11. The van der Waals surface area contributed by atoms with Crippen molar-refractivity contribution in [2.45, 2.75) is 12.8 Å². The van der Waals surface area contributed by atoms with Gasteiger partial charge in [0.2, 0.25) is 5.91 Å². The number of nitrogens with zero attached hydrogens (tertiary/aromatic N) is 2. The summed E-state index contributed by atoms with van der Waals surface area (Å²) >= 11 is 2.82. The van der Waals surface area contributed by atoms with Gasteiger partial charge in [0.1, 0.15) is 12.3 Å². The molecule has 1 aromatic carbocycles. The van der Waals surface area contributed by atoms with E-state index >= 15 is 0 Å². The molecule has 0 spiro atoms. The Morgan fingerprint density at radius 2 is 2.00 bits per heavy atom. The maximum Gasteiger partial charge on any atom is 0.294 e. The van der Waals surface area contributed by atoms with E-state index in [0.717, 1.165) is 29.5 Å². The number of imide groups is 1. The number of hydrogen-bond donors (Lipinski definition) is 1. The second-order valence-corrected chi connectivity index (χ2v) is 7.72. The molecule has 0 atom stereocenters. The Kier molecular flexibility index (Phi) is 5.14. The summed E-state index contributed by atoms with van der Waals surface area (Å²) < 4.78 is 0.657. The Morgan fingerprint density at radius 3 is 2.67 bits per heavy atom. The van der Waals surface area contributed by atoms with Crippen LogP contribution in [-0.2, 0) is 9.59 Å². The Bertz CT molecular complexity index is 744. The van der Waals surface area contributed by atoms with E-state index in [1.807, 2.05) is 22.6 Å². The third-order valence-corrected chi connectivity index (χ3v) is 5.67. The van der Waals surface area contributed by atoms with Crippen LogP contribution in [0.2, 0.25) is 0 Å². The van der Waals surface area contributed by atoms with Gasteiger partial charge in [-0.05, 0) is 71.0 Å². The monoisotopic (exact) mass is 458 g/mol. The van der Waals surface area contributed by atoms with Gasteiger partial charge in [-0.25, -0.2) is 0 Å². The number of halogens is 1. The highest BCUT2D eigenvalue weighted by Gasteiger charge is 2.37. The Labute approximate surface area is 157 Å². The molecule has 0 aromatic heterocycles. The summed E-state index contributed by atoms with van der Waals surface area (Å²) in [4.78, 5) is 39.6. The lowest BCUT2D eigenvalue weighted by atomic mass is 10.2. The van der Waals surface area contributed by atoms with Crippen molar-refractivity contribution in [1.82, 2.24) is 9.80 Å². The van der Waals surface area contributed by atoms with Crippen LogP contribution >= 0.6 is 34.4 Å². The van der Waals surface area contributed by atoms with E-state index in [1.54, 1.807) is 23.1 Å². The second-order valence-electron chi connectivity index (χ2n) is 5.57. The molecule has 0 unspecified atom stereocenters. The Balaban J connectivity index is 1.74. The van der Waals surface area contributed by atoms with Crippen LogP contribution in [0.15, 0.2) is 23.1 Å². The van der Waals surface area contributed by atoms with E-state index in [9.17, 15) is 19.5 Å². The predicted molar refractivity (Wildman–Crippen MR) is 99.3 cm³/mol.